The molecule has 0 unspecified atom stereocenters. The number of nitrogens with zero attached hydrogens (tertiary/aromatic N) is 1. The van der Waals surface area contributed by atoms with Crippen molar-refractivity contribution < 1.29 is 18.7 Å². The van der Waals surface area contributed by atoms with Crippen LogP contribution in [0.4, 0.5) is 19.7 Å². The molecule has 2 N–H and O–H groups in total. The van der Waals surface area contributed by atoms with Crippen molar-refractivity contribution in [3.05, 3.63) is 63.9 Å². The number of rotatable bonds is 3. The van der Waals surface area contributed by atoms with E-state index in [0.29, 0.717) is 22.3 Å². The Bertz CT molecular complexity index is 943. The molecule has 3 amide bonds. The number of likely N-dealkylation sites (tertiary alicyclic amines) is 1. The minimum Gasteiger partial charge on any atom is -0.444 e. The molecule has 1 saturated heterocycles. The summed E-state index contributed by atoms with van der Waals surface area (Å²) in [4.78, 5) is 26.7. The number of halogens is 3. The minimum atomic E-state index is -0.642. The molecule has 0 aliphatic carbocycles. The maximum atomic E-state index is 13.4. The average molecular weight is 468 g/mol. The van der Waals surface area contributed by atoms with E-state index in [-0.39, 0.29) is 18.3 Å². The van der Waals surface area contributed by atoms with Crippen LogP contribution in [0.3, 0.4) is 0 Å². The molecular formula is C22H24Cl2FN3O3. The molecular weight excluding hydrogens is 444 g/mol. The molecule has 2 aromatic rings. The van der Waals surface area contributed by atoms with E-state index >= 15 is 0 Å². The van der Waals surface area contributed by atoms with E-state index in [0.717, 1.165) is 5.56 Å². The zero-order chi connectivity index (χ0) is 22.8. The van der Waals surface area contributed by atoms with E-state index in [4.69, 9.17) is 27.9 Å². The third kappa shape index (κ3) is 6.48. The highest BCUT2D eigenvalue weighted by Crippen LogP contribution is 2.29. The summed E-state index contributed by atoms with van der Waals surface area (Å²) in [7, 11) is 0. The van der Waals surface area contributed by atoms with Crippen LogP contribution in [0.1, 0.15) is 32.3 Å². The number of nitrogens with one attached hydrogen (secondary N) is 2. The highest BCUT2D eigenvalue weighted by Gasteiger charge is 2.38. The highest BCUT2D eigenvalue weighted by molar-refractivity contribution is 6.35. The van der Waals surface area contributed by atoms with Crippen LogP contribution in [0.15, 0.2) is 42.5 Å². The second-order valence-corrected chi connectivity index (χ2v) is 9.28. The minimum absolute atomic E-state index is 0.234. The van der Waals surface area contributed by atoms with Crippen molar-refractivity contribution in [3.63, 3.8) is 0 Å². The second kappa shape index (κ2) is 9.32. The Labute approximate surface area is 190 Å². The summed E-state index contributed by atoms with van der Waals surface area (Å²) < 4.78 is 18.9. The Kier molecular flexibility index (Phi) is 6.96. The van der Waals surface area contributed by atoms with Gasteiger partial charge in [0.1, 0.15) is 11.4 Å². The summed E-state index contributed by atoms with van der Waals surface area (Å²) in [5.74, 6) is -0.590. The average Bonchev–Trinajstić information content (AvgIpc) is 3.04. The summed E-state index contributed by atoms with van der Waals surface area (Å²) in [5, 5.41) is 6.38. The quantitative estimate of drug-likeness (QED) is 0.611. The lowest BCUT2D eigenvalue weighted by Gasteiger charge is -2.24. The number of ether oxygens (including phenoxy) is 1. The lowest BCUT2D eigenvalue weighted by molar-refractivity contribution is 0.0289. The van der Waals surface area contributed by atoms with Crippen molar-refractivity contribution in [3.8, 4) is 0 Å². The maximum Gasteiger partial charge on any atom is 0.410 e. The molecule has 1 heterocycles. The zero-order valence-corrected chi connectivity index (χ0v) is 18.9. The Morgan fingerprint density at radius 2 is 1.68 bits per heavy atom. The Hall–Kier alpha value is -2.51. The van der Waals surface area contributed by atoms with Gasteiger partial charge in [-0.1, -0.05) is 35.3 Å². The molecule has 0 bridgehead atoms. The fourth-order valence-electron chi connectivity index (χ4n) is 3.43. The Morgan fingerprint density at radius 1 is 1.06 bits per heavy atom. The molecule has 0 spiro atoms. The first-order valence-electron chi connectivity index (χ1n) is 9.77. The first-order valence-corrected chi connectivity index (χ1v) is 10.5. The summed E-state index contributed by atoms with van der Waals surface area (Å²) in [6, 6.07) is 9.86. The molecule has 0 aromatic heterocycles. The fourth-order valence-corrected chi connectivity index (χ4v) is 3.96. The van der Waals surface area contributed by atoms with Crippen molar-refractivity contribution >= 4 is 41.0 Å². The standard InChI is InChI=1S/C22H24Cl2FN3O3/c1-22(2,3)31-21(30)28-11-18(13-4-6-16(25)7-5-13)19(12-28)27-20(29)26-17-9-14(23)8-15(24)10-17/h4-10,18-19H,11-12H2,1-3H3,(H2,26,27,29)/t18-,19+/m0/s1. The topological polar surface area (TPSA) is 70.7 Å². The molecule has 31 heavy (non-hydrogen) atoms. The Balaban J connectivity index is 1.76. The monoisotopic (exact) mass is 467 g/mol. The van der Waals surface area contributed by atoms with Gasteiger partial charge in [0.15, 0.2) is 0 Å². The van der Waals surface area contributed by atoms with Gasteiger partial charge in [0.25, 0.3) is 0 Å². The summed E-state index contributed by atoms with van der Waals surface area (Å²) in [5.41, 5.74) is 0.607. The molecule has 0 radical (unpaired) electrons. The van der Waals surface area contributed by atoms with Gasteiger partial charge in [-0.15, -0.1) is 0 Å². The molecule has 9 heteroatoms. The SMILES string of the molecule is CC(C)(C)OC(=O)N1C[C@@H](NC(=O)Nc2cc(Cl)cc(Cl)c2)[C@H](c2ccc(F)cc2)C1. The number of carbonyl (C=O) groups is 2. The zero-order valence-electron chi connectivity index (χ0n) is 17.4. The fraction of sp³-hybridized carbons (Fsp3) is 0.364. The Morgan fingerprint density at radius 3 is 2.26 bits per heavy atom. The molecule has 0 saturated carbocycles. The second-order valence-electron chi connectivity index (χ2n) is 8.41. The predicted octanol–water partition coefficient (Wildman–Crippen LogP) is 5.66. The van der Waals surface area contributed by atoms with Gasteiger partial charge < -0.3 is 20.3 Å². The lowest BCUT2D eigenvalue weighted by Crippen LogP contribution is -2.43. The van der Waals surface area contributed by atoms with Crippen LogP contribution >= 0.6 is 23.2 Å². The van der Waals surface area contributed by atoms with E-state index in [1.807, 2.05) is 0 Å². The number of anilines is 1. The van der Waals surface area contributed by atoms with E-state index in [1.54, 1.807) is 56.0 Å². The smallest absolute Gasteiger partial charge is 0.410 e. The highest BCUT2D eigenvalue weighted by atomic mass is 35.5. The number of hydrogen-bond acceptors (Lipinski definition) is 3. The molecule has 3 rings (SSSR count). The summed E-state index contributed by atoms with van der Waals surface area (Å²) in [6.45, 7) is 5.95. The van der Waals surface area contributed by atoms with Crippen LogP contribution in [0.2, 0.25) is 10.0 Å². The molecule has 2 aromatic carbocycles. The van der Waals surface area contributed by atoms with Gasteiger partial charge in [-0.3, -0.25) is 0 Å². The van der Waals surface area contributed by atoms with Crippen LogP contribution in [-0.4, -0.2) is 41.8 Å². The van der Waals surface area contributed by atoms with Crippen molar-refractivity contribution in [2.24, 2.45) is 0 Å². The number of carbonyl (C=O) groups excluding carboxylic acids is 2. The first kappa shape index (κ1) is 23.2. The van der Waals surface area contributed by atoms with E-state index in [9.17, 15) is 14.0 Å². The number of benzene rings is 2. The van der Waals surface area contributed by atoms with Crippen LogP contribution in [-0.2, 0) is 4.74 Å². The largest absolute Gasteiger partial charge is 0.444 e. The van der Waals surface area contributed by atoms with Crippen LogP contribution < -0.4 is 10.6 Å². The van der Waals surface area contributed by atoms with Crippen molar-refractivity contribution in [2.45, 2.75) is 38.3 Å². The van der Waals surface area contributed by atoms with Crippen molar-refractivity contribution in [1.82, 2.24) is 10.2 Å². The third-order valence-corrected chi connectivity index (χ3v) is 5.14. The lowest BCUT2D eigenvalue weighted by atomic mass is 9.94. The normalized spacial score (nSPS) is 18.6. The van der Waals surface area contributed by atoms with E-state index in [2.05, 4.69) is 10.6 Å². The van der Waals surface area contributed by atoms with Crippen LogP contribution in [0.5, 0.6) is 0 Å². The summed E-state index contributed by atoms with van der Waals surface area (Å²) in [6.07, 6.45) is -0.467. The van der Waals surface area contributed by atoms with Gasteiger partial charge in [0, 0.05) is 34.7 Å². The molecule has 1 fully saturated rings. The van der Waals surface area contributed by atoms with Crippen LogP contribution in [0.25, 0.3) is 0 Å². The van der Waals surface area contributed by atoms with Gasteiger partial charge in [-0.05, 0) is 56.7 Å². The van der Waals surface area contributed by atoms with Crippen molar-refractivity contribution in [2.75, 3.05) is 18.4 Å². The molecule has 1 aliphatic rings. The summed E-state index contributed by atoms with van der Waals surface area (Å²) >= 11 is 12.0. The van der Waals surface area contributed by atoms with Crippen molar-refractivity contribution in [1.29, 1.82) is 0 Å². The molecule has 166 valence electrons. The maximum absolute atomic E-state index is 13.4. The van der Waals surface area contributed by atoms with Gasteiger partial charge in [-0.2, -0.15) is 0 Å². The molecule has 2 atom stereocenters. The molecule has 6 nitrogen and oxygen atoms in total. The predicted molar refractivity (Wildman–Crippen MR) is 119 cm³/mol. The van der Waals surface area contributed by atoms with E-state index in [1.165, 1.54) is 12.1 Å². The van der Waals surface area contributed by atoms with Gasteiger partial charge >= 0.3 is 12.1 Å². The van der Waals surface area contributed by atoms with Gasteiger partial charge in [0.2, 0.25) is 0 Å². The van der Waals surface area contributed by atoms with Gasteiger partial charge in [-0.25, -0.2) is 14.0 Å². The number of urea groups is 1. The first-order chi connectivity index (χ1) is 14.5. The van der Waals surface area contributed by atoms with Crippen LogP contribution in [0, 0.1) is 5.82 Å². The molecule has 1 aliphatic heterocycles. The number of hydrogen-bond donors (Lipinski definition) is 2. The van der Waals surface area contributed by atoms with E-state index < -0.39 is 23.8 Å². The van der Waals surface area contributed by atoms with Gasteiger partial charge in [0.05, 0.1) is 6.04 Å². The number of amides is 3. The third-order valence-electron chi connectivity index (χ3n) is 4.71.